The number of likely N-dealkylation sites (N-methyl/N-ethyl adjacent to an activating group) is 1. The Morgan fingerprint density at radius 2 is 1.81 bits per heavy atom. The zero-order valence-corrected chi connectivity index (χ0v) is 25.1. The van der Waals surface area contributed by atoms with Gasteiger partial charge in [0.05, 0.1) is 11.6 Å². The maximum Gasteiger partial charge on any atom is 0.246 e. The van der Waals surface area contributed by atoms with E-state index in [1.165, 1.54) is 18.4 Å². The Morgan fingerprint density at radius 1 is 1.10 bits per heavy atom. The quantitative estimate of drug-likeness (QED) is 0.184. The Labute approximate surface area is 249 Å². The van der Waals surface area contributed by atoms with Gasteiger partial charge in [-0.3, -0.25) is 9.69 Å². The number of allylic oxidation sites excluding steroid dienone is 1. The van der Waals surface area contributed by atoms with Gasteiger partial charge in [0.1, 0.15) is 23.0 Å². The standard InChI is InChI=1S/C34H42N6O2/c1-5-24(2)22-36-34-32(25(3)35)33(26-13-17-30(18-14-26)42-29-10-7-6-8-11-29)37-40(34)28-19-21-39(23-28)31(41)12-9-20-38(4)27-15-16-27/h6-14,17-18,22,27-28,35-36H,5,15-16,19-21,23H2,1-4H3. The van der Waals surface area contributed by atoms with Gasteiger partial charge in [-0.05, 0) is 83.0 Å². The lowest BCUT2D eigenvalue weighted by Gasteiger charge is -2.17. The van der Waals surface area contributed by atoms with Crippen molar-refractivity contribution in [3.63, 3.8) is 0 Å². The molecule has 2 heterocycles. The number of hydrogen-bond acceptors (Lipinski definition) is 6. The van der Waals surface area contributed by atoms with Crippen LogP contribution in [0.3, 0.4) is 0 Å². The summed E-state index contributed by atoms with van der Waals surface area (Å²) in [6, 6.07) is 18.2. The van der Waals surface area contributed by atoms with Crippen LogP contribution < -0.4 is 10.1 Å². The molecule has 1 atom stereocenters. The predicted molar refractivity (Wildman–Crippen MR) is 169 cm³/mol. The molecular formula is C34H42N6O2. The van der Waals surface area contributed by atoms with Crippen LogP contribution in [0.15, 0.2) is 78.5 Å². The second-order valence-corrected chi connectivity index (χ2v) is 11.4. The van der Waals surface area contributed by atoms with Crippen LogP contribution in [0.5, 0.6) is 11.5 Å². The first kappa shape index (κ1) is 29.3. The summed E-state index contributed by atoms with van der Waals surface area (Å²) in [5.41, 5.74) is 4.04. The second kappa shape index (κ2) is 13.2. The highest BCUT2D eigenvalue weighted by Crippen LogP contribution is 2.35. The van der Waals surface area contributed by atoms with Gasteiger partial charge in [0.2, 0.25) is 5.91 Å². The molecule has 1 saturated heterocycles. The van der Waals surface area contributed by atoms with E-state index in [2.05, 4.69) is 31.1 Å². The Kier molecular flexibility index (Phi) is 9.22. The van der Waals surface area contributed by atoms with Crippen molar-refractivity contribution in [2.24, 2.45) is 0 Å². The van der Waals surface area contributed by atoms with Crippen LogP contribution in [0.2, 0.25) is 0 Å². The highest BCUT2D eigenvalue weighted by molar-refractivity contribution is 6.06. The van der Waals surface area contributed by atoms with Crippen molar-refractivity contribution >= 4 is 17.4 Å². The van der Waals surface area contributed by atoms with Gasteiger partial charge in [-0.15, -0.1) is 0 Å². The van der Waals surface area contributed by atoms with Crippen molar-refractivity contribution in [3.05, 3.63) is 84.1 Å². The van der Waals surface area contributed by atoms with Crippen molar-refractivity contribution < 1.29 is 9.53 Å². The zero-order chi connectivity index (χ0) is 29.6. The number of nitrogens with zero attached hydrogens (tertiary/aromatic N) is 4. The van der Waals surface area contributed by atoms with E-state index in [0.717, 1.165) is 53.5 Å². The van der Waals surface area contributed by atoms with Gasteiger partial charge in [0.15, 0.2) is 0 Å². The minimum absolute atomic E-state index is 0.00172. The molecule has 1 amide bonds. The Bertz CT molecular complexity index is 1450. The van der Waals surface area contributed by atoms with Crippen LogP contribution in [-0.2, 0) is 4.79 Å². The fraction of sp³-hybridized carbons (Fsp3) is 0.382. The highest BCUT2D eigenvalue weighted by atomic mass is 16.5. The molecule has 8 heteroatoms. The van der Waals surface area contributed by atoms with Gasteiger partial charge in [-0.25, -0.2) is 4.68 Å². The third kappa shape index (κ3) is 6.99. The summed E-state index contributed by atoms with van der Waals surface area (Å²) < 4.78 is 7.99. The van der Waals surface area contributed by atoms with Crippen LogP contribution in [0.25, 0.3) is 11.3 Å². The van der Waals surface area contributed by atoms with Crippen molar-refractivity contribution in [2.45, 2.75) is 58.5 Å². The van der Waals surface area contributed by atoms with E-state index in [9.17, 15) is 4.79 Å². The maximum absolute atomic E-state index is 13.0. The van der Waals surface area contributed by atoms with Gasteiger partial charge in [0.25, 0.3) is 0 Å². The average molecular weight is 567 g/mol. The molecule has 1 aliphatic carbocycles. The number of nitrogens with one attached hydrogen (secondary N) is 2. The lowest BCUT2D eigenvalue weighted by atomic mass is 10.0. The van der Waals surface area contributed by atoms with Crippen molar-refractivity contribution in [1.82, 2.24) is 19.6 Å². The number of carbonyl (C=O) groups is 1. The molecule has 1 saturated carbocycles. The van der Waals surface area contributed by atoms with E-state index < -0.39 is 0 Å². The van der Waals surface area contributed by atoms with E-state index in [-0.39, 0.29) is 11.9 Å². The number of amides is 1. The summed E-state index contributed by atoms with van der Waals surface area (Å²) in [5, 5.41) is 17.3. The third-order valence-corrected chi connectivity index (χ3v) is 8.05. The number of rotatable bonds is 12. The topological polar surface area (TPSA) is 86.5 Å². The van der Waals surface area contributed by atoms with Crippen molar-refractivity contribution in [1.29, 1.82) is 5.41 Å². The summed E-state index contributed by atoms with van der Waals surface area (Å²) in [6.45, 7) is 8.05. The second-order valence-electron chi connectivity index (χ2n) is 11.4. The molecule has 42 heavy (non-hydrogen) atoms. The smallest absolute Gasteiger partial charge is 0.246 e. The van der Waals surface area contributed by atoms with Crippen LogP contribution in [-0.4, -0.2) is 63.9 Å². The first-order valence-corrected chi connectivity index (χ1v) is 14.9. The Hall–Kier alpha value is -4.17. The van der Waals surface area contributed by atoms with Crippen molar-refractivity contribution in [2.75, 3.05) is 32.0 Å². The number of aromatic nitrogens is 2. The number of likely N-dealkylation sites (tertiary alicyclic amines) is 1. The zero-order valence-electron chi connectivity index (χ0n) is 25.1. The Balaban J connectivity index is 1.40. The molecule has 1 aliphatic heterocycles. The lowest BCUT2D eigenvalue weighted by molar-refractivity contribution is -0.125. The van der Waals surface area contributed by atoms with E-state index >= 15 is 0 Å². The van der Waals surface area contributed by atoms with E-state index in [1.54, 1.807) is 13.0 Å². The third-order valence-electron chi connectivity index (χ3n) is 8.05. The summed E-state index contributed by atoms with van der Waals surface area (Å²) in [7, 11) is 2.11. The van der Waals surface area contributed by atoms with Crippen molar-refractivity contribution in [3.8, 4) is 22.8 Å². The van der Waals surface area contributed by atoms with Gasteiger partial charge in [-0.2, -0.15) is 5.10 Å². The van der Waals surface area contributed by atoms with Gasteiger partial charge in [0, 0.05) is 49.2 Å². The molecule has 0 bridgehead atoms. The molecule has 1 aromatic heterocycles. The van der Waals surface area contributed by atoms with Gasteiger partial charge >= 0.3 is 0 Å². The molecule has 5 rings (SSSR count). The number of anilines is 1. The van der Waals surface area contributed by atoms with Crippen LogP contribution in [0.4, 0.5) is 5.82 Å². The molecule has 220 valence electrons. The average Bonchev–Trinajstić information content (AvgIpc) is 3.61. The molecule has 8 nitrogen and oxygen atoms in total. The lowest BCUT2D eigenvalue weighted by Crippen LogP contribution is -2.28. The first-order chi connectivity index (χ1) is 20.3. The molecule has 2 N–H and O–H groups in total. The van der Waals surface area contributed by atoms with Crippen LogP contribution in [0, 0.1) is 5.41 Å². The maximum atomic E-state index is 13.0. The molecule has 2 aliphatic rings. The number of carbonyl (C=O) groups excluding carboxylic acids is 1. The largest absolute Gasteiger partial charge is 0.457 e. The van der Waals surface area contributed by atoms with Crippen LogP contribution in [0.1, 0.15) is 58.1 Å². The normalized spacial score (nSPS) is 17.3. The summed E-state index contributed by atoms with van der Waals surface area (Å²) >= 11 is 0. The fourth-order valence-corrected chi connectivity index (χ4v) is 5.22. The van der Waals surface area contributed by atoms with E-state index in [4.69, 9.17) is 15.2 Å². The minimum atomic E-state index is 0.00172. The van der Waals surface area contributed by atoms with E-state index in [0.29, 0.717) is 24.8 Å². The molecular weight excluding hydrogens is 524 g/mol. The number of benzene rings is 2. The minimum Gasteiger partial charge on any atom is -0.457 e. The molecule has 0 spiro atoms. The fourth-order valence-electron chi connectivity index (χ4n) is 5.22. The van der Waals surface area contributed by atoms with E-state index in [1.807, 2.05) is 76.5 Å². The number of para-hydroxylation sites is 1. The van der Waals surface area contributed by atoms with Crippen LogP contribution >= 0.6 is 0 Å². The summed E-state index contributed by atoms with van der Waals surface area (Å²) in [5.74, 6) is 2.34. The molecule has 2 aromatic carbocycles. The SMILES string of the molecule is CCC(C)=CNc1c(C(C)=N)c(-c2ccc(Oc3ccccc3)cc2)nn1C1CCN(C(=O)C=CCN(C)C2CC2)C1. The highest BCUT2D eigenvalue weighted by Gasteiger charge is 2.31. The summed E-state index contributed by atoms with van der Waals surface area (Å²) in [4.78, 5) is 17.2. The number of ether oxygens (including phenoxy) is 1. The van der Waals surface area contributed by atoms with Gasteiger partial charge < -0.3 is 20.4 Å². The first-order valence-electron chi connectivity index (χ1n) is 14.9. The number of hydrogen-bond donors (Lipinski definition) is 2. The Morgan fingerprint density at radius 3 is 2.48 bits per heavy atom. The molecule has 3 aromatic rings. The molecule has 1 unspecified atom stereocenters. The monoisotopic (exact) mass is 566 g/mol. The molecule has 2 fully saturated rings. The van der Waals surface area contributed by atoms with Gasteiger partial charge in [-0.1, -0.05) is 36.8 Å². The molecule has 0 radical (unpaired) electrons. The summed E-state index contributed by atoms with van der Waals surface area (Å²) in [6.07, 6.45) is 9.92. The predicted octanol–water partition coefficient (Wildman–Crippen LogP) is 6.88.